The van der Waals surface area contributed by atoms with Gasteiger partial charge in [-0.3, -0.25) is 9.97 Å². The Morgan fingerprint density at radius 1 is 0.800 bits per heavy atom. The van der Waals surface area contributed by atoms with Gasteiger partial charge >= 0.3 is 0 Å². The molecule has 20 heavy (non-hydrogen) atoms. The van der Waals surface area contributed by atoms with E-state index >= 15 is 0 Å². The van der Waals surface area contributed by atoms with E-state index in [2.05, 4.69) is 48.3 Å². The zero-order chi connectivity index (χ0) is 13.9. The summed E-state index contributed by atoms with van der Waals surface area (Å²) in [6.45, 7) is 4.13. The molecular weight excluding hydrogens is 244 g/mol. The van der Waals surface area contributed by atoms with Crippen molar-refractivity contribution in [3.8, 4) is 22.5 Å². The maximum Gasteiger partial charge on any atom is 0.0720 e. The highest BCUT2D eigenvalue weighted by molar-refractivity contribution is 5.67. The Morgan fingerprint density at radius 2 is 1.70 bits per heavy atom. The Hall–Kier alpha value is -2.48. The van der Waals surface area contributed by atoms with Crippen LogP contribution in [0.15, 0.2) is 60.8 Å². The summed E-state index contributed by atoms with van der Waals surface area (Å²) in [4.78, 5) is 9.11. The third-order valence-electron chi connectivity index (χ3n) is 3.34. The van der Waals surface area contributed by atoms with Crippen LogP contribution in [0.1, 0.15) is 11.3 Å². The van der Waals surface area contributed by atoms with Gasteiger partial charge in [0, 0.05) is 23.0 Å². The van der Waals surface area contributed by atoms with Gasteiger partial charge in [0.2, 0.25) is 0 Å². The average Bonchev–Trinajstić information content (AvgIpc) is 2.48. The summed E-state index contributed by atoms with van der Waals surface area (Å²) >= 11 is 0. The number of nitrogens with zero attached hydrogens (tertiary/aromatic N) is 2. The van der Waals surface area contributed by atoms with Gasteiger partial charge in [0.05, 0.1) is 11.4 Å². The van der Waals surface area contributed by atoms with Crippen molar-refractivity contribution in [1.29, 1.82) is 0 Å². The smallest absolute Gasteiger partial charge is 0.0720 e. The standard InChI is InChI=1S/C18H16N2/c1-13-6-5-7-15(12-13)17-10-9-16(14(2)20-17)18-8-3-4-11-19-18/h3-12H,1-2H3. The zero-order valence-electron chi connectivity index (χ0n) is 11.7. The number of rotatable bonds is 2. The summed E-state index contributed by atoms with van der Waals surface area (Å²) in [6.07, 6.45) is 1.81. The number of aryl methyl sites for hydroxylation is 2. The summed E-state index contributed by atoms with van der Waals surface area (Å²) in [6, 6.07) is 18.5. The van der Waals surface area contributed by atoms with Crippen LogP contribution < -0.4 is 0 Å². The fourth-order valence-electron chi connectivity index (χ4n) is 2.32. The molecule has 0 atom stereocenters. The van der Waals surface area contributed by atoms with Crippen molar-refractivity contribution in [3.63, 3.8) is 0 Å². The van der Waals surface area contributed by atoms with Gasteiger partial charge in [-0.05, 0) is 44.2 Å². The van der Waals surface area contributed by atoms with Gasteiger partial charge < -0.3 is 0 Å². The van der Waals surface area contributed by atoms with Crippen molar-refractivity contribution in [2.24, 2.45) is 0 Å². The molecule has 0 aliphatic heterocycles. The Morgan fingerprint density at radius 3 is 2.40 bits per heavy atom. The molecule has 2 heteroatoms. The highest BCUT2D eigenvalue weighted by Crippen LogP contribution is 2.24. The van der Waals surface area contributed by atoms with Crippen molar-refractivity contribution < 1.29 is 0 Å². The van der Waals surface area contributed by atoms with E-state index in [1.165, 1.54) is 5.56 Å². The van der Waals surface area contributed by atoms with Crippen molar-refractivity contribution >= 4 is 0 Å². The molecule has 0 unspecified atom stereocenters. The van der Waals surface area contributed by atoms with E-state index in [0.717, 1.165) is 28.2 Å². The van der Waals surface area contributed by atoms with E-state index in [-0.39, 0.29) is 0 Å². The van der Waals surface area contributed by atoms with Crippen LogP contribution in [0, 0.1) is 13.8 Å². The second-order valence-electron chi connectivity index (χ2n) is 4.91. The molecule has 2 aromatic heterocycles. The molecule has 98 valence electrons. The molecule has 2 nitrogen and oxygen atoms in total. The highest BCUT2D eigenvalue weighted by atomic mass is 14.7. The molecule has 0 bridgehead atoms. The van der Waals surface area contributed by atoms with Crippen molar-refractivity contribution in [2.45, 2.75) is 13.8 Å². The first-order chi connectivity index (χ1) is 9.74. The van der Waals surface area contributed by atoms with Crippen molar-refractivity contribution in [2.75, 3.05) is 0 Å². The van der Waals surface area contributed by atoms with Crippen LogP contribution in [-0.2, 0) is 0 Å². The van der Waals surface area contributed by atoms with Crippen LogP contribution >= 0.6 is 0 Å². The van der Waals surface area contributed by atoms with Crippen LogP contribution in [-0.4, -0.2) is 9.97 Å². The summed E-state index contributed by atoms with van der Waals surface area (Å²) < 4.78 is 0. The van der Waals surface area contributed by atoms with E-state index in [4.69, 9.17) is 4.98 Å². The van der Waals surface area contributed by atoms with Crippen LogP contribution in [0.4, 0.5) is 0 Å². The molecule has 2 heterocycles. The largest absolute Gasteiger partial charge is 0.256 e. The predicted octanol–water partition coefficient (Wildman–Crippen LogP) is 4.43. The first kappa shape index (κ1) is 12.5. The Kier molecular flexibility index (Phi) is 3.30. The molecule has 3 rings (SSSR count). The second kappa shape index (κ2) is 5.25. The van der Waals surface area contributed by atoms with E-state index in [1.807, 2.05) is 31.3 Å². The SMILES string of the molecule is Cc1cccc(-c2ccc(-c3ccccn3)c(C)n2)c1. The van der Waals surface area contributed by atoms with E-state index in [1.54, 1.807) is 0 Å². The maximum atomic E-state index is 4.72. The summed E-state index contributed by atoms with van der Waals surface area (Å²) in [7, 11) is 0. The number of pyridine rings is 2. The monoisotopic (exact) mass is 260 g/mol. The van der Waals surface area contributed by atoms with Crippen molar-refractivity contribution in [3.05, 3.63) is 72.1 Å². The first-order valence-corrected chi connectivity index (χ1v) is 6.70. The molecular formula is C18H16N2. The topological polar surface area (TPSA) is 25.8 Å². The number of aromatic nitrogens is 2. The van der Waals surface area contributed by atoms with Crippen LogP contribution in [0.25, 0.3) is 22.5 Å². The average molecular weight is 260 g/mol. The molecule has 0 amide bonds. The van der Waals surface area contributed by atoms with Crippen LogP contribution in [0.2, 0.25) is 0 Å². The zero-order valence-corrected chi connectivity index (χ0v) is 11.7. The van der Waals surface area contributed by atoms with Gasteiger partial charge in [-0.25, -0.2) is 0 Å². The number of hydrogen-bond donors (Lipinski definition) is 0. The second-order valence-corrected chi connectivity index (χ2v) is 4.91. The molecule has 0 N–H and O–H groups in total. The minimum absolute atomic E-state index is 0.966. The lowest BCUT2D eigenvalue weighted by Crippen LogP contribution is -1.92. The predicted molar refractivity (Wildman–Crippen MR) is 82.4 cm³/mol. The van der Waals surface area contributed by atoms with E-state index in [9.17, 15) is 0 Å². The van der Waals surface area contributed by atoms with Gasteiger partial charge in [-0.2, -0.15) is 0 Å². The minimum Gasteiger partial charge on any atom is -0.256 e. The van der Waals surface area contributed by atoms with Crippen molar-refractivity contribution in [1.82, 2.24) is 9.97 Å². The molecule has 0 fully saturated rings. The van der Waals surface area contributed by atoms with Crippen LogP contribution in [0.5, 0.6) is 0 Å². The van der Waals surface area contributed by atoms with Gasteiger partial charge in [0.15, 0.2) is 0 Å². The molecule has 0 radical (unpaired) electrons. The number of benzene rings is 1. The molecule has 0 aliphatic carbocycles. The summed E-state index contributed by atoms with van der Waals surface area (Å²) in [5, 5.41) is 0. The lowest BCUT2D eigenvalue weighted by atomic mass is 10.0. The molecule has 1 aromatic carbocycles. The van der Waals surface area contributed by atoms with Gasteiger partial charge in [-0.1, -0.05) is 29.8 Å². The quantitative estimate of drug-likeness (QED) is 0.681. The number of hydrogen-bond acceptors (Lipinski definition) is 2. The lowest BCUT2D eigenvalue weighted by molar-refractivity contribution is 1.19. The van der Waals surface area contributed by atoms with Crippen LogP contribution in [0.3, 0.4) is 0 Å². The highest BCUT2D eigenvalue weighted by Gasteiger charge is 2.06. The fraction of sp³-hybridized carbons (Fsp3) is 0.111. The molecule has 0 saturated heterocycles. The van der Waals surface area contributed by atoms with Gasteiger partial charge in [0.1, 0.15) is 0 Å². The van der Waals surface area contributed by atoms with E-state index in [0.29, 0.717) is 0 Å². The summed E-state index contributed by atoms with van der Waals surface area (Å²) in [5.74, 6) is 0. The lowest BCUT2D eigenvalue weighted by Gasteiger charge is -2.08. The van der Waals surface area contributed by atoms with Gasteiger partial charge in [-0.15, -0.1) is 0 Å². The molecule has 0 saturated carbocycles. The third-order valence-corrected chi connectivity index (χ3v) is 3.34. The Bertz CT molecular complexity index is 733. The molecule has 0 aliphatic rings. The maximum absolute atomic E-state index is 4.72. The Labute approximate surface area is 119 Å². The molecule has 0 spiro atoms. The van der Waals surface area contributed by atoms with Gasteiger partial charge in [0.25, 0.3) is 0 Å². The Balaban J connectivity index is 2.04. The summed E-state index contributed by atoms with van der Waals surface area (Å²) in [5.41, 5.74) is 6.46. The van der Waals surface area contributed by atoms with E-state index < -0.39 is 0 Å². The third kappa shape index (κ3) is 2.45. The molecule has 3 aromatic rings. The fourth-order valence-corrected chi connectivity index (χ4v) is 2.32. The normalized spacial score (nSPS) is 10.5. The minimum atomic E-state index is 0.966. The first-order valence-electron chi connectivity index (χ1n) is 6.70.